The highest BCUT2D eigenvalue weighted by molar-refractivity contribution is 6.18. The largest absolute Gasteiger partial charge is 0.456 e. The molecular formula is C136H78O3. The van der Waals surface area contributed by atoms with E-state index >= 15 is 0 Å². The summed E-state index contributed by atoms with van der Waals surface area (Å²) in [5, 5.41) is 14.2. The average Bonchev–Trinajstić information content (AvgIpc) is 1.50. The van der Waals surface area contributed by atoms with E-state index in [0.717, 1.165) is 133 Å². The third-order valence-electron chi connectivity index (χ3n) is 34.0. The monoisotopic (exact) mass is 1760 g/mol. The Bertz CT molecular complexity index is 9810. The van der Waals surface area contributed by atoms with E-state index in [-0.39, 0.29) is 5.92 Å². The van der Waals surface area contributed by atoms with Crippen LogP contribution in [0.15, 0.2) is 449 Å². The predicted octanol–water partition coefficient (Wildman–Crippen LogP) is 35.1. The Morgan fingerprint density at radius 1 is 0.209 bits per heavy atom. The van der Waals surface area contributed by atoms with Crippen LogP contribution in [0.25, 0.3) is 204 Å². The van der Waals surface area contributed by atoms with Crippen LogP contribution in [-0.4, -0.2) is 0 Å². The zero-order valence-electron chi connectivity index (χ0n) is 75.5. The van der Waals surface area contributed by atoms with Crippen molar-refractivity contribution in [3.05, 3.63) is 521 Å². The highest BCUT2D eigenvalue weighted by Gasteiger charge is 2.65. The van der Waals surface area contributed by atoms with Crippen LogP contribution in [0.1, 0.15) is 79.2 Å². The van der Waals surface area contributed by atoms with Crippen LogP contribution in [0.2, 0.25) is 0 Å². The molecule has 33 rings (SSSR count). The van der Waals surface area contributed by atoms with Gasteiger partial charge in [-0.1, -0.05) is 401 Å². The fourth-order valence-electron chi connectivity index (χ4n) is 29.0. The minimum absolute atomic E-state index is 0.0409. The van der Waals surface area contributed by atoms with Gasteiger partial charge in [-0.15, -0.1) is 0 Å². The summed E-state index contributed by atoms with van der Waals surface area (Å²) in [6.07, 6.45) is 7.37. The van der Waals surface area contributed by atoms with E-state index in [2.05, 4.69) is 456 Å². The van der Waals surface area contributed by atoms with Gasteiger partial charge in [-0.25, -0.2) is 0 Å². The lowest BCUT2D eigenvalue weighted by atomic mass is 9.57. The highest BCUT2D eigenvalue weighted by atomic mass is 16.5. The van der Waals surface area contributed by atoms with Gasteiger partial charge >= 0.3 is 0 Å². The quantitative estimate of drug-likeness (QED) is 0.172. The Hall–Kier alpha value is -17.5. The lowest BCUT2D eigenvalue weighted by Crippen LogP contribution is -2.41. The third-order valence-corrected chi connectivity index (χ3v) is 34.0. The molecule has 0 radical (unpaired) electrons. The molecule has 7 aliphatic carbocycles. The zero-order valence-corrected chi connectivity index (χ0v) is 75.5. The molecule has 0 aromatic heterocycles. The summed E-state index contributed by atoms with van der Waals surface area (Å²) in [5.74, 6) is 5.11. The fraction of sp³-hybridized carbons (Fsp3) is 0.0441. The molecule has 0 saturated heterocycles. The number of ether oxygens (including phenoxy) is 3. The Kier molecular flexibility index (Phi) is 14.3. The van der Waals surface area contributed by atoms with Gasteiger partial charge in [0.1, 0.15) is 34.5 Å². The predicted molar refractivity (Wildman–Crippen MR) is 569 cm³/mol. The van der Waals surface area contributed by atoms with Gasteiger partial charge in [0.05, 0.1) is 16.2 Å². The second-order valence-corrected chi connectivity index (χ2v) is 40.0. The minimum atomic E-state index is -0.771. The molecule has 3 heteroatoms. The van der Waals surface area contributed by atoms with E-state index in [0.29, 0.717) is 0 Å². The van der Waals surface area contributed by atoms with Crippen LogP contribution in [0.4, 0.5) is 0 Å². The molecule has 3 nitrogen and oxygen atoms in total. The molecular weight excluding hydrogens is 1680 g/mol. The maximum atomic E-state index is 7.73. The molecule has 3 aliphatic heterocycles. The van der Waals surface area contributed by atoms with Crippen molar-refractivity contribution in [1.82, 2.24) is 0 Å². The molecule has 0 fully saturated rings. The molecule has 0 N–H and O–H groups in total. The topological polar surface area (TPSA) is 27.7 Å². The molecule has 0 bridgehead atoms. The molecule has 23 aromatic rings. The number of rotatable bonds is 5. The van der Waals surface area contributed by atoms with Gasteiger partial charge in [-0.3, -0.25) is 0 Å². The van der Waals surface area contributed by atoms with E-state index in [9.17, 15) is 0 Å². The van der Waals surface area contributed by atoms with Crippen LogP contribution >= 0.6 is 0 Å². The summed E-state index contributed by atoms with van der Waals surface area (Å²) in [4.78, 5) is 0. The Morgan fingerprint density at radius 3 is 1.39 bits per heavy atom. The molecule has 640 valence electrons. The standard InChI is InChI=1S/C136H78O3/c1-133-70-26-49-105(132(133)136(116-55-18-17-54-115(116)133)113-53-16-10-37-90(113)102-67-59-77-28-3-5-33-85(77)127(102)136)96-65-60-79-30-22-57-118-123(79)124(96)106-48-25-47-103(130(106)139-118)107-75-109-91-38-11-15-52-112(91)134(129(109)97-40-7-6-34-87(97)107)110-50-13-8-35-88(110)98-44-23-41-86(126(98)134)83-71-82-31-21-42-94-93-64-62-81(73-119(93)137-120(74-83)121(82)94)80-63-69-114-108(72-80)100-46-24-45-99(104-68-61-78-29-20-43-95-92-39-12-19-56-117(92)138-131(104)122(78)95)128(100)135(114)111-51-14-9-36-89(111)101-66-58-76-27-2-4-32-84(76)125(101)135/h2-75,132H,1H3. The number of benzene rings is 23. The minimum Gasteiger partial charge on any atom is -0.456 e. The second kappa shape index (κ2) is 26.6. The van der Waals surface area contributed by atoms with Gasteiger partial charge in [-0.05, 0) is 281 Å². The lowest BCUT2D eigenvalue weighted by Gasteiger charge is -2.44. The summed E-state index contributed by atoms with van der Waals surface area (Å²) in [6.45, 7) is 2.52. The van der Waals surface area contributed by atoms with E-state index < -0.39 is 21.7 Å². The summed E-state index contributed by atoms with van der Waals surface area (Å²) in [7, 11) is 0. The third kappa shape index (κ3) is 9.13. The normalized spacial score (nSPS) is 18.5. The second-order valence-electron chi connectivity index (χ2n) is 40.0. The summed E-state index contributed by atoms with van der Waals surface area (Å²) in [5.41, 5.74) is 44.1. The lowest BCUT2D eigenvalue weighted by molar-refractivity contribution is 0.387. The van der Waals surface area contributed by atoms with Crippen molar-refractivity contribution < 1.29 is 14.2 Å². The molecule has 0 saturated carbocycles. The van der Waals surface area contributed by atoms with Crippen LogP contribution in [-0.2, 0) is 21.7 Å². The van der Waals surface area contributed by atoms with Crippen molar-refractivity contribution in [3.63, 3.8) is 0 Å². The van der Waals surface area contributed by atoms with Crippen molar-refractivity contribution in [2.75, 3.05) is 0 Å². The molecule has 23 aromatic carbocycles. The maximum Gasteiger partial charge on any atom is 0.143 e. The van der Waals surface area contributed by atoms with E-state index in [1.165, 1.54) is 177 Å². The van der Waals surface area contributed by atoms with Crippen LogP contribution in [0, 0.1) is 5.92 Å². The molecule has 10 aliphatic rings. The average molecular weight is 1760 g/mol. The summed E-state index contributed by atoms with van der Waals surface area (Å²) >= 11 is 0. The van der Waals surface area contributed by atoms with Gasteiger partial charge in [0, 0.05) is 60.9 Å². The van der Waals surface area contributed by atoms with Gasteiger partial charge in [-0.2, -0.15) is 0 Å². The van der Waals surface area contributed by atoms with Gasteiger partial charge < -0.3 is 14.2 Å². The molecule has 3 heterocycles. The molecule has 139 heavy (non-hydrogen) atoms. The number of fused-ring (bicyclic) bond motifs is 42. The smallest absolute Gasteiger partial charge is 0.143 e. The molecule has 0 amide bonds. The Labute approximate surface area is 802 Å². The number of hydrogen-bond acceptors (Lipinski definition) is 3. The summed E-state index contributed by atoms with van der Waals surface area (Å²) in [6, 6.07) is 164. The van der Waals surface area contributed by atoms with Crippen molar-refractivity contribution in [2.24, 2.45) is 5.92 Å². The maximum absolute atomic E-state index is 7.73. The van der Waals surface area contributed by atoms with Crippen LogP contribution in [0.3, 0.4) is 0 Å². The Balaban J connectivity index is 0.535. The first-order valence-corrected chi connectivity index (χ1v) is 48.8. The SMILES string of the molecule is CC12C=CC=C(c3ccc4cccc5c4c3-c3cccc(-c4cc6c(c7ccccc47)C4(c7ccccc7-c7cccc(-c8cc9c%10c(cccc%10c8)-c8ccc(-c%10ccc%11c(c%10)-c%10cccc(-c%12ccc%13cccc%14c%13c%12Oc%12ccccc%12-%14)c%10C%11%10c%11ccccc%11-c%11ccc%12ccccc%12c%11%10)cc8O9)c74)c4ccccc4-6)c3O5)C1C1(c3ccccc3-c3ccc4ccccc4c31)c1ccccc12. The summed E-state index contributed by atoms with van der Waals surface area (Å²) < 4.78 is 22.7. The van der Waals surface area contributed by atoms with Gasteiger partial charge in [0.25, 0.3) is 0 Å². The highest BCUT2D eigenvalue weighted by Crippen LogP contribution is 2.74. The first-order valence-electron chi connectivity index (χ1n) is 48.8. The zero-order chi connectivity index (χ0) is 90.4. The molecule has 5 unspecified atom stereocenters. The molecule has 5 atom stereocenters. The van der Waals surface area contributed by atoms with E-state index in [4.69, 9.17) is 14.2 Å². The van der Waals surface area contributed by atoms with Crippen LogP contribution < -0.4 is 14.2 Å². The first-order chi connectivity index (χ1) is 68.8. The van der Waals surface area contributed by atoms with Crippen molar-refractivity contribution in [3.8, 4) is 168 Å². The number of hydrogen-bond donors (Lipinski definition) is 0. The number of para-hydroxylation sites is 2. The van der Waals surface area contributed by atoms with Gasteiger partial charge in [0.15, 0.2) is 0 Å². The van der Waals surface area contributed by atoms with E-state index in [1.807, 2.05) is 0 Å². The first kappa shape index (κ1) is 74.9. The van der Waals surface area contributed by atoms with Gasteiger partial charge in [0.2, 0.25) is 0 Å². The number of allylic oxidation sites excluding steroid dienone is 4. The van der Waals surface area contributed by atoms with Crippen molar-refractivity contribution in [1.29, 1.82) is 0 Å². The van der Waals surface area contributed by atoms with Crippen molar-refractivity contribution >= 4 is 70.2 Å². The molecule has 3 spiro atoms. The fourth-order valence-corrected chi connectivity index (χ4v) is 29.0. The Morgan fingerprint density at radius 2 is 0.647 bits per heavy atom. The van der Waals surface area contributed by atoms with E-state index in [1.54, 1.807) is 0 Å². The van der Waals surface area contributed by atoms with Crippen LogP contribution in [0.5, 0.6) is 34.5 Å². The van der Waals surface area contributed by atoms with Crippen molar-refractivity contribution in [2.45, 2.75) is 28.6 Å².